The number of hydrogen-bond acceptors (Lipinski definition) is 6. The number of fused-ring (bicyclic) bond motifs is 1. The summed E-state index contributed by atoms with van der Waals surface area (Å²) in [5, 5.41) is 10.8. The van der Waals surface area contributed by atoms with E-state index in [2.05, 4.69) is 35.5 Å². The van der Waals surface area contributed by atoms with Gasteiger partial charge in [0, 0.05) is 12.7 Å². The molecular weight excluding hydrogens is 254 g/mol. The highest BCUT2D eigenvalue weighted by atomic mass is 35.5. The van der Waals surface area contributed by atoms with Crippen molar-refractivity contribution in [2.45, 2.75) is 6.54 Å². The fraction of sp³-hybridized carbons (Fsp3) is 0.100. The Kier molecular flexibility index (Phi) is 2.73. The van der Waals surface area contributed by atoms with Crippen LogP contribution in [0, 0.1) is 0 Å². The molecule has 3 rings (SSSR count). The maximum absolute atomic E-state index is 5.83. The van der Waals surface area contributed by atoms with Crippen molar-refractivity contribution in [3.8, 4) is 0 Å². The maximum Gasteiger partial charge on any atom is 0.226 e. The van der Waals surface area contributed by atoms with Crippen molar-refractivity contribution in [1.82, 2.24) is 30.1 Å². The Balaban J connectivity index is 1.88. The number of imidazole rings is 1. The van der Waals surface area contributed by atoms with Crippen LogP contribution in [0.2, 0.25) is 5.28 Å². The first kappa shape index (κ1) is 10.8. The van der Waals surface area contributed by atoms with Crippen LogP contribution in [0.25, 0.3) is 11.2 Å². The molecule has 0 aliphatic heterocycles. The van der Waals surface area contributed by atoms with Crippen molar-refractivity contribution in [3.63, 3.8) is 0 Å². The second-order valence-corrected chi connectivity index (χ2v) is 3.88. The third-order valence-electron chi connectivity index (χ3n) is 2.36. The molecule has 90 valence electrons. The van der Waals surface area contributed by atoms with Gasteiger partial charge in [-0.1, -0.05) is 0 Å². The molecule has 18 heavy (non-hydrogen) atoms. The number of nitrogens with one attached hydrogen (secondary N) is 2. The number of aromatic amines is 1. The van der Waals surface area contributed by atoms with Gasteiger partial charge in [0.25, 0.3) is 0 Å². The van der Waals surface area contributed by atoms with Gasteiger partial charge in [0.2, 0.25) is 5.28 Å². The van der Waals surface area contributed by atoms with Gasteiger partial charge in [-0.25, -0.2) is 4.98 Å². The van der Waals surface area contributed by atoms with Crippen LogP contribution in [0.3, 0.4) is 0 Å². The molecule has 0 aliphatic carbocycles. The molecule has 0 saturated carbocycles. The highest BCUT2D eigenvalue weighted by Gasteiger charge is 2.08. The first-order valence-electron chi connectivity index (χ1n) is 5.19. The molecular formula is C10H8ClN7. The Labute approximate surface area is 107 Å². The largest absolute Gasteiger partial charge is 0.364 e. The average Bonchev–Trinajstić information content (AvgIpc) is 2.85. The lowest BCUT2D eigenvalue weighted by Gasteiger charge is -2.05. The predicted octanol–water partition coefficient (Wildman–Crippen LogP) is 1.41. The lowest BCUT2D eigenvalue weighted by atomic mass is 10.3. The van der Waals surface area contributed by atoms with E-state index in [9.17, 15) is 0 Å². The van der Waals surface area contributed by atoms with Gasteiger partial charge in [0.15, 0.2) is 11.5 Å². The monoisotopic (exact) mass is 261 g/mol. The summed E-state index contributed by atoms with van der Waals surface area (Å²) in [6.45, 7) is 0.560. The van der Waals surface area contributed by atoms with E-state index in [0.29, 0.717) is 23.5 Å². The van der Waals surface area contributed by atoms with Crippen LogP contribution in [-0.2, 0) is 6.54 Å². The van der Waals surface area contributed by atoms with E-state index in [1.54, 1.807) is 18.7 Å². The molecule has 0 saturated heterocycles. The average molecular weight is 262 g/mol. The minimum Gasteiger partial charge on any atom is -0.364 e. The normalized spacial score (nSPS) is 10.7. The van der Waals surface area contributed by atoms with Crippen LogP contribution in [0.5, 0.6) is 0 Å². The number of H-pyrrole nitrogens is 1. The number of nitrogens with zero attached hydrogens (tertiary/aromatic N) is 5. The smallest absolute Gasteiger partial charge is 0.226 e. The summed E-state index contributed by atoms with van der Waals surface area (Å²) in [4.78, 5) is 15.2. The molecule has 0 unspecified atom stereocenters. The van der Waals surface area contributed by atoms with Gasteiger partial charge in [0.05, 0.1) is 12.5 Å². The first-order chi connectivity index (χ1) is 8.83. The van der Waals surface area contributed by atoms with Crippen LogP contribution in [0.15, 0.2) is 24.8 Å². The molecule has 0 bridgehead atoms. The topological polar surface area (TPSA) is 92.3 Å². The van der Waals surface area contributed by atoms with Gasteiger partial charge < -0.3 is 10.3 Å². The van der Waals surface area contributed by atoms with Gasteiger partial charge >= 0.3 is 0 Å². The van der Waals surface area contributed by atoms with Crippen LogP contribution in [-0.4, -0.2) is 30.1 Å². The zero-order valence-corrected chi connectivity index (χ0v) is 9.89. The molecule has 8 heteroatoms. The fourth-order valence-electron chi connectivity index (χ4n) is 1.54. The van der Waals surface area contributed by atoms with Crippen molar-refractivity contribution in [2.24, 2.45) is 0 Å². The van der Waals surface area contributed by atoms with Crippen LogP contribution < -0.4 is 5.32 Å². The van der Waals surface area contributed by atoms with E-state index < -0.39 is 0 Å². The summed E-state index contributed by atoms with van der Waals surface area (Å²) >= 11 is 5.83. The molecule has 3 heterocycles. The highest BCUT2D eigenvalue weighted by molar-refractivity contribution is 6.28. The summed E-state index contributed by atoms with van der Waals surface area (Å²) in [5.74, 6) is 0.586. The zero-order chi connectivity index (χ0) is 12.4. The molecule has 0 aromatic carbocycles. The van der Waals surface area contributed by atoms with Crippen molar-refractivity contribution in [2.75, 3.05) is 5.32 Å². The minimum absolute atomic E-state index is 0.169. The highest BCUT2D eigenvalue weighted by Crippen LogP contribution is 2.18. The quantitative estimate of drug-likeness (QED) is 0.693. The van der Waals surface area contributed by atoms with Gasteiger partial charge in [-0.3, -0.25) is 0 Å². The van der Waals surface area contributed by atoms with Crippen LogP contribution in [0.4, 0.5) is 5.82 Å². The van der Waals surface area contributed by atoms with E-state index in [-0.39, 0.29) is 5.28 Å². The van der Waals surface area contributed by atoms with E-state index in [1.807, 2.05) is 6.07 Å². The summed E-state index contributed by atoms with van der Waals surface area (Å²) in [6, 6.07) is 1.87. The summed E-state index contributed by atoms with van der Waals surface area (Å²) in [6.07, 6.45) is 4.86. The van der Waals surface area contributed by atoms with E-state index in [4.69, 9.17) is 11.6 Å². The van der Waals surface area contributed by atoms with Crippen LogP contribution >= 0.6 is 11.6 Å². The van der Waals surface area contributed by atoms with E-state index >= 15 is 0 Å². The van der Waals surface area contributed by atoms with Gasteiger partial charge in [-0.2, -0.15) is 20.2 Å². The molecule has 0 atom stereocenters. The Hall–Kier alpha value is -2.28. The zero-order valence-electron chi connectivity index (χ0n) is 9.13. The van der Waals surface area contributed by atoms with Crippen molar-refractivity contribution in [3.05, 3.63) is 35.6 Å². The van der Waals surface area contributed by atoms with Crippen molar-refractivity contribution < 1.29 is 0 Å². The fourth-order valence-corrected chi connectivity index (χ4v) is 1.71. The first-order valence-corrected chi connectivity index (χ1v) is 5.57. The van der Waals surface area contributed by atoms with Crippen molar-refractivity contribution in [1.29, 1.82) is 0 Å². The molecule has 0 amide bonds. The molecule has 0 spiro atoms. The second-order valence-electron chi connectivity index (χ2n) is 3.55. The maximum atomic E-state index is 5.83. The van der Waals surface area contributed by atoms with Gasteiger partial charge in [0.1, 0.15) is 5.52 Å². The lowest BCUT2D eigenvalue weighted by Crippen LogP contribution is -2.03. The Morgan fingerprint density at radius 2 is 2.22 bits per heavy atom. The molecule has 3 aromatic rings. The summed E-state index contributed by atoms with van der Waals surface area (Å²) in [5.41, 5.74) is 2.25. The summed E-state index contributed by atoms with van der Waals surface area (Å²) < 4.78 is 0. The SMILES string of the molecule is Clc1nc(NCc2ccnnc2)c2nc[nH]c2n1. The number of anilines is 1. The molecule has 7 nitrogen and oxygen atoms in total. The Morgan fingerprint density at radius 1 is 1.28 bits per heavy atom. The standard InChI is InChI=1S/C10H8ClN7/c11-10-17-8(7-9(18-10)14-5-13-7)12-3-6-1-2-15-16-4-6/h1-2,4-5H,3H2,(H2,12,13,14,17,18). The minimum atomic E-state index is 0.169. The summed E-state index contributed by atoms with van der Waals surface area (Å²) in [7, 11) is 0. The Bertz CT molecular complexity index is 666. The second kappa shape index (κ2) is 4.53. The molecule has 0 radical (unpaired) electrons. The third kappa shape index (κ3) is 2.07. The van der Waals surface area contributed by atoms with Crippen molar-refractivity contribution >= 4 is 28.6 Å². The number of aromatic nitrogens is 6. The number of rotatable bonds is 3. The third-order valence-corrected chi connectivity index (χ3v) is 2.53. The number of halogens is 1. The molecule has 0 aliphatic rings. The molecule has 3 aromatic heterocycles. The van der Waals surface area contributed by atoms with Gasteiger partial charge in [-0.05, 0) is 23.2 Å². The lowest BCUT2D eigenvalue weighted by molar-refractivity contribution is 0.982. The van der Waals surface area contributed by atoms with Gasteiger partial charge in [-0.15, -0.1) is 0 Å². The predicted molar refractivity (Wildman–Crippen MR) is 66.1 cm³/mol. The van der Waals surface area contributed by atoms with E-state index in [1.165, 1.54) is 0 Å². The van der Waals surface area contributed by atoms with E-state index in [0.717, 1.165) is 5.56 Å². The Morgan fingerprint density at radius 3 is 3.06 bits per heavy atom. The molecule has 2 N–H and O–H groups in total. The molecule has 0 fully saturated rings. The number of hydrogen-bond donors (Lipinski definition) is 2. The van der Waals surface area contributed by atoms with Crippen LogP contribution in [0.1, 0.15) is 5.56 Å².